The predicted octanol–water partition coefficient (Wildman–Crippen LogP) is 5.79. The zero-order chi connectivity index (χ0) is 23.0. The number of hydrogen-bond acceptors (Lipinski definition) is 6. The Bertz CT molecular complexity index is 1070. The van der Waals surface area contributed by atoms with Crippen LogP contribution in [0.5, 0.6) is 5.75 Å². The summed E-state index contributed by atoms with van der Waals surface area (Å²) < 4.78 is 7.54. The molecule has 0 unspecified atom stereocenters. The van der Waals surface area contributed by atoms with Gasteiger partial charge in [0.2, 0.25) is 5.91 Å². The molecule has 7 nitrogen and oxygen atoms in total. The fourth-order valence-electron chi connectivity index (χ4n) is 4.01. The van der Waals surface area contributed by atoms with Crippen molar-refractivity contribution in [3.05, 3.63) is 59.4 Å². The van der Waals surface area contributed by atoms with Crippen LogP contribution in [0.4, 0.5) is 11.4 Å². The molecule has 0 saturated heterocycles. The molecule has 0 aliphatic heterocycles. The molecule has 1 fully saturated rings. The smallest absolute Gasteiger partial charge is 0.234 e. The molecule has 3 aromatic rings. The molecule has 9 heteroatoms. The van der Waals surface area contributed by atoms with Crippen molar-refractivity contribution < 1.29 is 9.53 Å². The summed E-state index contributed by atoms with van der Waals surface area (Å²) in [5, 5.41) is 16.7. The minimum atomic E-state index is -0.0865. The van der Waals surface area contributed by atoms with Crippen LogP contribution in [0.1, 0.15) is 44.0 Å². The largest absolute Gasteiger partial charge is 0.497 e. The lowest BCUT2D eigenvalue weighted by Crippen LogP contribution is -2.19. The lowest BCUT2D eigenvalue weighted by molar-refractivity contribution is -0.113. The number of amides is 1. The summed E-state index contributed by atoms with van der Waals surface area (Å²) in [6.45, 7) is 0.550. The van der Waals surface area contributed by atoms with E-state index < -0.39 is 0 Å². The van der Waals surface area contributed by atoms with Crippen molar-refractivity contribution in [1.29, 1.82) is 0 Å². The molecule has 1 aromatic heterocycles. The first kappa shape index (κ1) is 23.4. The van der Waals surface area contributed by atoms with Crippen molar-refractivity contribution in [1.82, 2.24) is 14.8 Å². The SMILES string of the molecule is COc1cccc(NCc2nnc(SCC(=O)Nc3ccc(Cl)cc3)n2C2CCCCC2)c1. The van der Waals surface area contributed by atoms with Crippen LogP contribution in [0.15, 0.2) is 53.7 Å². The number of nitrogens with zero attached hydrogens (tertiary/aromatic N) is 3. The molecule has 1 amide bonds. The van der Waals surface area contributed by atoms with E-state index in [1.54, 1.807) is 31.4 Å². The Morgan fingerprint density at radius 1 is 1.12 bits per heavy atom. The highest BCUT2D eigenvalue weighted by Crippen LogP contribution is 2.33. The number of thioether (sulfide) groups is 1. The molecular formula is C24H28ClN5O2S. The van der Waals surface area contributed by atoms with Gasteiger partial charge in [0.15, 0.2) is 11.0 Å². The second-order valence-electron chi connectivity index (χ2n) is 7.99. The summed E-state index contributed by atoms with van der Waals surface area (Å²) >= 11 is 7.34. The van der Waals surface area contributed by atoms with Gasteiger partial charge >= 0.3 is 0 Å². The monoisotopic (exact) mass is 485 g/mol. The van der Waals surface area contributed by atoms with Crippen molar-refractivity contribution in [2.24, 2.45) is 0 Å². The Balaban J connectivity index is 1.44. The van der Waals surface area contributed by atoms with Crippen LogP contribution in [-0.2, 0) is 11.3 Å². The van der Waals surface area contributed by atoms with Crippen molar-refractivity contribution in [3.63, 3.8) is 0 Å². The van der Waals surface area contributed by atoms with Crippen LogP contribution >= 0.6 is 23.4 Å². The number of benzene rings is 2. The molecule has 0 spiro atoms. The molecule has 1 aliphatic rings. The second kappa shape index (κ2) is 11.4. The van der Waals surface area contributed by atoms with Crippen LogP contribution in [0, 0.1) is 0 Å². The summed E-state index contributed by atoms with van der Waals surface area (Å²) in [6, 6.07) is 15.3. The zero-order valence-electron chi connectivity index (χ0n) is 18.6. The van der Waals surface area contributed by atoms with Gasteiger partial charge in [0.25, 0.3) is 0 Å². The maximum Gasteiger partial charge on any atom is 0.234 e. The van der Waals surface area contributed by atoms with E-state index in [0.717, 1.165) is 40.9 Å². The Morgan fingerprint density at radius 2 is 1.91 bits per heavy atom. The number of hydrogen-bond donors (Lipinski definition) is 2. The maximum atomic E-state index is 12.5. The molecular weight excluding hydrogens is 458 g/mol. The fourth-order valence-corrected chi connectivity index (χ4v) is 4.96. The number of carbonyl (C=O) groups excluding carboxylic acids is 1. The van der Waals surface area contributed by atoms with Crippen LogP contribution in [0.25, 0.3) is 0 Å². The van der Waals surface area contributed by atoms with Gasteiger partial charge in [-0.15, -0.1) is 10.2 Å². The van der Waals surface area contributed by atoms with Gasteiger partial charge in [0.05, 0.1) is 19.4 Å². The normalized spacial score (nSPS) is 14.1. The Labute approximate surface area is 203 Å². The van der Waals surface area contributed by atoms with Crippen molar-refractivity contribution in [2.45, 2.75) is 49.8 Å². The third-order valence-electron chi connectivity index (χ3n) is 5.66. The molecule has 33 heavy (non-hydrogen) atoms. The average molecular weight is 486 g/mol. The average Bonchev–Trinajstić information content (AvgIpc) is 3.26. The van der Waals surface area contributed by atoms with Crippen LogP contribution in [0.3, 0.4) is 0 Å². The quantitative estimate of drug-likeness (QED) is 0.373. The molecule has 2 N–H and O–H groups in total. The summed E-state index contributed by atoms with van der Waals surface area (Å²) in [4.78, 5) is 12.5. The van der Waals surface area contributed by atoms with Gasteiger partial charge in [-0.25, -0.2) is 0 Å². The van der Waals surface area contributed by atoms with E-state index in [1.165, 1.54) is 31.0 Å². The molecule has 0 atom stereocenters. The molecule has 0 bridgehead atoms. The first-order valence-electron chi connectivity index (χ1n) is 11.1. The second-order valence-corrected chi connectivity index (χ2v) is 9.37. The highest BCUT2D eigenvalue weighted by molar-refractivity contribution is 7.99. The lowest BCUT2D eigenvalue weighted by atomic mass is 9.95. The molecule has 174 valence electrons. The molecule has 1 aliphatic carbocycles. The Morgan fingerprint density at radius 3 is 2.67 bits per heavy atom. The van der Waals surface area contributed by atoms with Gasteiger partial charge in [-0.3, -0.25) is 4.79 Å². The summed E-state index contributed by atoms with van der Waals surface area (Å²) in [6.07, 6.45) is 5.88. The Kier molecular flexibility index (Phi) is 8.12. The third kappa shape index (κ3) is 6.42. The maximum absolute atomic E-state index is 12.5. The third-order valence-corrected chi connectivity index (χ3v) is 6.85. The van der Waals surface area contributed by atoms with E-state index in [2.05, 4.69) is 25.4 Å². The van der Waals surface area contributed by atoms with Crippen LogP contribution < -0.4 is 15.4 Å². The van der Waals surface area contributed by atoms with E-state index in [4.69, 9.17) is 16.3 Å². The van der Waals surface area contributed by atoms with Gasteiger partial charge in [-0.1, -0.05) is 48.7 Å². The van der Waals surface area contributed by atoms with Gasteiger partial charge in [0.1, 0.15) is 5.75 Å². The van der Waals surface area contributed by atoms with Gasteiger partial charge in [0, 0.05) is 28.5 Å². The van der Waals surface area contributed by atoms with Crippen molar-refractivity contribution in [2.75, 3.05) is 23.5 Å². The first-order valence-corrected chi connectivity index (χ1v) is 12.5. The van der Waals surface area contributed by atoms with Gasteiger partial charge < -0.3 is 19.9 Å². The van der Waals surface area contributed by atoms with Gasteiger partial charge in [-0.2, -0.15) is 0 Å². The minimum absolute atomic E-state index is 0.0865. The summed E-state index contributed by atoms with van der Waals surface area (Å²) in [7, 11) is 1.66. The Hall–Kier alpha value is -2.71. The molecule has 2 aromatic carbocycles. The molecule has 1 heterocycles. The number of anilines is 2. The number of methoxy groups -OCH3 is 1. The number of nitrogens with one attached hydrogen (secondary N) is 2. The molecule has 0 radical (unpaired) electrons. The number of halogens is 1. The van der Waals surface area contributed by atoms with Crippen LogP contribution in [-0.4, -0.2) is 33.5 Å². The van der Waals surface area contributed by atoms with Crippen molar-refractivity contribution in [3.8, 4) is 5.75 Å². The fraction of sp³-hybridized carbons (Fsp3) is 0.375. The summed E-state index contributed by atoms with van der Waals surface area (Å²) in [5.74, 6) is 1.86. The molecule has 4 rings (SSSR count). The van der Waals surface area contributed by atoms with E-state index in [9.17, 15) is 4.79 Å². The van der Waals surface area contributed by atoms with E-state index in [-0.39, 0.29) is 11.7 Å². The standard InChI is InChI=1S/C24H28ClN5O2S/c1-32-21-9-5-6-19(14-21)26-15-22-28-29-24(30(22)20-7-3-2-4-8-20)33-16-23(31)27-18-12-10-17(25)11-13-18/h5-6,9-14,20,26H,2-4,7-8,15-16H2,1H3,(H,27,31). The topological polar surface area (TPSA) is 81.1 Å². The number of aromatic nitrogens is 3. The van der Waals surface area contributed by atoms with E-state index >= 15 is 0 Å². The number of carbonyl (C=O) groups is 1. The number of rotatable bonds is 9. The highest BCUT2D eigenvalue weighted by atomic mass is 35.5. The van der Waals surface area contributed by atoms with E-state index in [1.807, 2.05) is 24.3 Å². The zero-order valence-corrected chi connectivity index (χ0v) is 20.2. The lowest BCUT2D eigenvalue weighted by Gasteiger charge is -2.25. The minimum Gasteiger partial charge on any atom is -0.497 e. The van der Waals surface area contributed by atoms with Crippen molar-refractivity contribution >= 4 is 40.6 Å². The first-order chi connectivity index (χ1) is 16.1. The van der Waals surface area contributed by atoms with E-state index in [0.29, 0.717) is 17.6 Å². The number of ether oxygens (including phenoxy) is 1. The highest BCUT2D eigenvalue weighted by Gasteiger charge is 2.23. The predicted molar refractivity (Wildman–Crippen MR) is 133 cm³/mol. The van der Waals surface area contributed by atoms with Crippen LogP contribution in [0.2, 0.25) is 5.02 Å². The summed E-state index contributed by atoms with van der Waals surface area (Å²) in [5.41, 5.74) is 1.69. The van der Waals surface area contributed by atoms with Gasteiger partial charge in [-0.05, 0) is 49.2 Å². The molecule has 1 saturated carbocycles.